The van der Waals surface area contributed by atoms with E-state index in [1.165, 1.54) is 6.20 Å². The summed E-state index contributed by atoms with van der Waals surface area (Å²) < 4.78 is 16.8. The molecule has 2 aromatic heterocycles. The molecule has 0 radical (unpaired) electrons. The minimum absolute atomic E-state index is 0.287. The van der Waals surface area contributed by atoms with Gasteiger partial charge in [-0.3, -0.25) is 4.98 Å². The van der Waals surface area contributed by atoms with E-state index in [-0.39, 0.29) is 11.2 Å². The smallest absolute Gasteiger partial charge is 0.145 e. The summed E-state index contributed by atoms with van der Waals surface area (Å²) in [7, 11) is 0. The molecule has 0 amide bonds. The number of hydrogen-bond donors (Lipinski definition) is 0. The largest absolute Gasteiger partial charge is 0.253 e. The van der Waals surface area contributed by atoms with Gasteiger partial charge in [-0.15, -0.1) is 11.3 Å². The van der Waals surface area contributed by atoms with E-state index in [9.17, 15) is 9.65 Å². The van der Waals surface area contributed by atoms with Crippen LogP contribution in [0.2, 0.25) is 0 Å². The first-order valence-electron chi connectivity index (χ1n) is 12.6. The lowest BCUT2D eigenvalue weighted by atomic mass is 9.86. The lowest BCUT2D eigenvalue weighted by Crippen LogP contribution is -2.14. The maximum absolute atomic E-state index is 14.6. The summed E-state index contributed by atoms with van der Waals surface area (Å²) in [6, 6.07) is 33.1. The molecule has 0 spiro atoms. The molecule has 0 saturated carbocycles. The van der Waals surface area contributed by atoms with Gasteiger partial charge in [0, 0.05) is 31.3 Å². The van der Waals surface area contributed by atoms with Gasteiger partial charge in [0.1, 0.15) is 5.82 Å². The maximum atomic E-state index is 14.6. The summed E-state index contributed by atoms with van der Waals surface area (Å²) >= 11 is 1.67. The molecule has 0 aliphatic heterocycles. The fourth-order valence-electron chi connectivity index (χ4n) is 5.06. The topological polar surface area (TPSA) is 36.7 Å². The monoisotopic (exact) mass is 512 g/mol. The highest BCUT2D eigenvalue weighted by Crippen LogP contribution is 2.45. The molecule has 0 bridgehead atoms. The summed E-state index contributed by atoms with van der Waals surface area (Å²) in [5.74, 6) is -0.287. The molecule has 6 aromatic rings. The first-order chi connectivity index (χ1) is 18.3. The van der Waals surface area contributed by atoms with E-state index in [0.29, 0.717) is 11.1 Å². The number of aromatic nitrogens is 1. The molecule has 0 aliphatic carbocycles. The Morgan fingerprint density at radius 1 is 0.763 bits per heavy atom. The number of hydrogen-bond acceptors (Lipinski definition) is 3. The standard InChI is InChI=1S/C34H25FN2S/c1-34(2,3)28-18-30(37-20-29(28)35)27-11-7-10-25-26-17-16-24(19-36)31(33(26)38-32(25)27)23-14-12-22(13-15-23)21-8-5-4-6-9-21/h4-18,20H,1-3H3. The van der Waals surface area contributed by atoms with Crippen LogP contribution in [-0.2, 0) is 5.41 Å². The van der Waals surface area contributed by atoms with E-state index in [1.54, 1.807) is 11.3 Å². The highest BCUT2D eigenvalue weighted by Gasteiger charge is 2.22. The van der Waals surface area contributed by atoms with Crippen LogP contribution in [0.3, 0.4) is 0 Å². The maximum Gasteiger partial charge on any atom is 0.145 e. The first kappa shape index (κ1) is 24.0. The van der Waals surface area contributed by atoms with Crippen molar-refractivity contribution in [2.75, 3.05) is 0 Å². The number of pyridine rings is 1. The van der Waals surface area contributed by atoms with Gasteiger partial charge in [0.2, 0.25) is 0 Å². The van der Waals surface area contributed by atoms with Crippen LogP contribution in [0.4, 0.5) is 4.39 Å². The minimum Gasteiger partial charge on any atom is -0.253 e. The summed E-state index contributed by atoms with van der Waals surface area (Å²) in [6.07, 6.45) is 1.33. The van der Waals surface area contributed by atoms with Crippen molar-refractivity contribution >= 4 is 31.5 Å². The third-order valence-electron chi connectivity index (χ3n) is 7.01. The Labute approximate surface area is 225 Å². The van der Waals surface area contributed by atoms with Crippen LogP contribution >= 0.6 is 11.3 Å². The first-order valence-corrected chi connectivity index (χ1v) is 13.4. The van der Waals surface area contributed by atoms with Crippen molar-refractivity contribution in [1.82, 2.24) is 4.98 Å². The van der Waals surface area contributed by atoms with Crippen LogP contribution in [0.25, 0.3) is 53.7 Å². The van der Waals surface area contributed by atoms with Gasteiger partial charge >= 0.3 is 0 Å². The van der Waals surface area contributed by atoms with Gasteiger partial charge in [-0.2, -0.15) is 5.26 Å². The van der Waals surface area contributed by atoms with Gasteiger partial charge in [-0.05, 0) is 39.8 Å². The molecule has 38 heavy (non-hydrogen) atoms. The predicted octanol–water partition coefficient (Wildman–Crippen LogP) is 9.76. The molecule has 0 aliphatic rings. The molecule has 2 heterocycles. The van der Waals surface area contributed by atoms with Gasteiger partial charge in [0.05, 0.1) is 23.5 Å². The zero-order valence-electron chi connectivity index (χ0n) is 21.4. The fourth-order valence-corrected chi connectivity index (χ4v) is 6.46. The van der Waals surface area contributed by atoms with Crippen LogP contribution in [0.1, 0.15) is 31.9 Å². The number of rotatable bonds is 3. The van der Waals surface area contributed by atoms with Crippen molar-refractivity contribution in [1.29, 1.82) is 5.26 Å². The molecule has 184 valence electrons. The van der Waals surface area contributed by atoms with Gasteiger partial charge in [0.25, 0.3) is 0 Å². The average Bonchev–Trinajstić information content (AvgIpc) is 3.32. The number of nitriles is 1. The minimum atomic E-state index is -0.337. The Kier molecular flexibility index (Phi) is 5.82. The fraction of sp³-hybridized carbons (Fsp3) is 0.118. The molecule has 0 fully saturated rings. The van der Waals surface area contributed by atoms with Crippen LogP contribution in [0, 0.1) is 17.1 Å². The highest BCUT2D eigenvalue weighted by molar-refractivity contribution is 7.26. The van der Waals surface area contributed by atoms with E-state index < -0.39 is 0 Å². The second kappa shape index (κ2) is 9.20. The molecule has 4 aromatic carbocycles. The molecule has 0 N–H and O–H groups in total. The van der Waals surface area contributed by atoms with Crippen molar-refractivity contribution < 1.29 is 4.39 Å². The van der Waals surface area contributed by atoms with Crippen molar-refractivity contribution in [3.05, 3.63) is 114 Å². The van der Waals surface area contributed by atoms with Gasteiger partial charge < -0.3 is 0 Å². The Hall–Kier alpha value is -4.33. The van der Waals surface area contributed by atoms with Crippen molar-refractivity contribution in [3.63, 3.8) is 0 Å². The normalized spacial score (nSPS) is 11.7. The van der Waals surface area contributed by atoms with Crippen molar-refractivity contribution in [3.8, 4) is 39.6 Å². The molecular weight excluding hydrogens is 487 g/mol. The lowest BCUT2D eigenvalue weighted by molar-refractivity contribution is 0.519. The summed E-state index contributed by atoms with van der Waals surface area (Å²) in [4.78, 5) is 4.48. The molecule has 0 saturated heterocycles. The van der Waals surface area contributed by atoms with E-state index in [2.05, 4.69) is 53.5 Å². The van der Waals surface area contributed by atoms with Crippen molar-refractivity contribution in [2.45, 2.75) is 26.2 Å². The van der Waals surface area contributed by atoms with Gasteiger partial charge in [0.15, 0.2) is 0 Å². The quantitative estimate of drug-likeness (QED) is 0.237. The summed E-state index contributed by atoms with van der Waals surface area (Å²) in [5.41, 5.74) is 6.92. The predicted molar refractivity (Wildman–Crippen MR) is 157 cm³/mol. The third-order valence-corrected chi connectivity index (χ3v) is 8.28. The number of thiophene rings is 1. The van der Waals surface area contributed by atoms with E-state index in [4.69, 9.17) is 0 Å². The number of benzene rings is 4. The number of nitrogens with zero attached hydrogens (tertiary/aromatic N) is 2. The Morgan fingerprint density at radius 2 is 1.45 bits per heavy atom. The number of halogens is 1. The Morgan fingerprint density at radius 3 is 2.16 bits per heavy atom. The number of fused-ring (bicyclic) bond motifs is 3. The molecule has 0 unspecified atom stereocenters. The van der Waals surface area contributed by atoms with Crippen molar-refractivity contribution in [2.24, 2.45) is 0 Å². The Balaban J connectivity index is 1.56. The molecular formula is C34H25FN2S. The second-order valence-electron chi connectivity index (χ2n) is 10.5. The Bertz CT molecular complexity index is 1850. The summed E-state index contributed by atoms with van der Waals surface area (Å²) in [6.45, 7) is 6.02. The average molecular weight is 513 g/mol. The molecule has 2 nitrogen and oxygen atoms in total. The summed E-state index contributed by atoms with van der Waals surface area (Å²) in [5, 5.41) is 12.2. The van der Waals surface area contributed by atoms with E-state index >= 15 is 0 Å². The van der Waals surface area contributed by atoms with E-state index in [0.717, 1.165) is 53.7 Å². The van der Waals surface area contributed by atoms with E-state index in [1.807, 2.05) is 69.3 Å². The second-order valence-corrected chi connectivity index (χ2v) is 11.5. The molecule has 0 atom stereocenters. The van der Waals surface area contributed by atoms with Crippen LogP contribution in [-0.4, -0.2) is 4.98 Å². The molecule has 4 heteroatoms. The third kappa shape index (κ3) is 4.06. The van der Waals surface area contributed by atoms with Gasteiger partial charge in [-0.25, -0.2) is 4.39 Å². The van der Waals surface area contributed by atoms with Crippen LogP contribution < -0.4 is 0 Å². The molecule has 6 rings (SSSR count). The zero-order chi connectivity index (χ0) is 26.4. The lowest BCUT2D eigenvalue weighted by Gasteiger charge is -2.20. The zero-order valence-corrected chi connectivity index (χ0v) is 22.2. The van der Waals surface area contributed by atoms with Crippen LogP contribution in [0.5, 0.6) is 0 Å². The van der Waals surface area contributed by atoms with Crippen LogP contribution in [0.15, 0.2) is 97.2 Å². The SMILES string of the molecule is CC(C)(C)c1cc(-c2cccc3c2sc2c(-c4ccc(-c5ccccc5)cc4)c(C#N)ccc23)ncc1F. The highest BCUT2D eigenvalue weighted by atomic mass is 32.1. The van der Waals surface area contributed by atoms with Gasteiger partial charge in [-0.1, -0.05) is 99.6 Å².